The van der Waals surface area contributed by atoms with E-state index in [-0.39, 0.29) is 5.91 Å². The van der Waals surface area contributed by atoms with Gasteiger partial charge in [0, 0.05) is 25.4 Å². The molecule has 0 aliphatic rings. The number of nitrogens with zero attached hydrogens (tertiary/aromatic N) is 5. The molecular formula is C18H19Br2N5O. The molecule has 1 amide bonds. The van der Waals surface area contributed by atoms with Gasteiger partial charge in [-0.25, -0.2) is 0 Å². The van der Waals surface area contributed by atoms with Crippen molar-refractivity contribution in [2.45, 2.75) is 26.6 Å². The summed E-state index contributed by atoms with van der Waals surface area (Å²) in [6.07, 6.45) is 5.42. The number of benzene rings is 1. The molecule has 1 aromatic carbocycles. The van der Waals surface area contributed by atoms with Crippen LogP contribution in [0.1, 0.15) is 28.5 Å². The third-order valence-corrected chi connectivity index (χ3v) is 5.12. The molecule has 2 aromatic heterocycles. The lowest BCUT2D eigenvalue weighted by atomic mass is 10.1. The SMILES string of the molecule is CCn1ncc(Br)c1CN(C)C(=O)c1cccc(Cn2cc(Br)cn2)c1. The summed E-state index contributed by atoms with van der Waals surface area (Å²) >= 11 is 6.90. The van der Waals surface area contributed by atoms with E-state index in [1.54, 1.807) is 24.3 Å². The molecule has 26 heavy (non-hydrogen) atoms. The molecule has 0 aliphatic heterocycles. The van der Waals surface area contributed by atoms with Crippen LogP contribution in [-0.4, -0.2) is 37.4 Å². The Balaban J connectivity index is 1.74. The predicted octanol–water partition coefficient (Wildman–Crippen LogP) is 3.95. The number of hydrogen-bond donors (Lipinski definition) is 0. The molecule has 0 fully saturated rings. The minimum atomic E-state index is -0.0238. The Hall–Kier alpha value is -1.93. The van der Waals surface area contributed by atoms with Crippen molar-refractivity contribution in [3.8, 4) is 0 Å². The Kier molecular flexibility index (Phi) is 5.93. The normalized spacial score (nSPS) is 10.9. The maximum Gasteiger partial charge on any atom is 0.253 e. The molecule has 0 atom stereocenters. The van der Waals surface area contributed by atoms with Crippen molar-refractivity contribution in [1.29, 1.82) is 0 Å². The van der Waals surface area contributed by atoms with Crippen molar-refractivity contribution in [1.82, 2.24) is 24.5 Å². The molecule has 0 N–H and O–H groups in total. The van der Waals surface area contributed by atoms with Gasteiger partial charge in [-0.1, -0.05) is 12.1 Å². The van der Waals surface area contributed by atoms with Gasteiger partial charge in [-0.2, -0.15) is 10.2 Å². The number of aryl methyl sites for hydroxylation is 1. The molecule has 6 nitrogen and oxygen atoms in total. The molecule has 0 saturated carbocycles. The van der Waals surface area contributed by atoms with Crippen LogP contribution in [0.2, 0.25) is 0 Å². The van der Waals surface area contributed by atoms with Crippen molar-refractivity contribution >= 4 is 37.8 Å². The second-order valence-electron chi connectivity index (χ2n) is 5.97. The van der Waals surface area contributed by atoms with Crippen LogP contribution in [0.15, 0.2) is 51.8 Å². The average Bonchev–Trinajstić information content (AvgIpc) is 3.20. The van der Waals surface area contributed by atoms with Crippen molar-refractivity contribution in [2.24, 2.45) is 0 Å². The zero-order valence-electron chi connectivity index (χ0n) is 14.6. The van der Waals surface area contributed by atoms with Crippen molar-refractivity contribution < 1.29 is 4.79 Å². The van der Waals surface area contributed by atoms with Gasteiger partial charge in [0.2, 0.25) is 0 Å². The van der Waals surface area contributed by atoms with Gasteiger partial charge in [0.1, 0.15) is 0 Å². The number of carbonyl (C=O) groups is 1. The molecule has 136 valence electrons. The van der Waals surface area contributed by atoms with Gasteiger partial charge in [-0.15, -0.1) is 0 Å². The van der Waals surface area contributed by atoms with E-state index in [2.05, 4.69) is 42.1 Å². The van der Waals surface area contributed by atoms with Gasteiger partial charge in [0.25, 0.3) is 5.91 Å². The maximum atomic E-state index is 12.8. The highest BCUT2D eigenvalue weighted by Crippen LogP contribution is 2.19. The number of carbonyl (C=O) groups excluding carboxylic acids is 1. The van der Waals surface area contributed by atoms with E-state index in [9.17, 15) is 4.79 Å². The lowest BCUT2D eigenvalue weighted by Crippen LogP contribution is -2.27. The number of halogens is 2. The van der Waals surface area contributed by atoms with Gasteiger partial charge >= 0.3 is 0 Å². The van der Waals surface area contributed by atoms with E-state index >= 15 is 0 Å². The van der Waals surface area contributed by atoms with Crippen LogP contribution in [-0.2, 0) is 19.6 Å². The number of aromatic nitrogens is 4. The van der Waals surface area contributed by atoms with E-state index in [1.807, 2.05) is 46.7 Å². The van der Waals surface area contributed by atoms with Gasteiger partial charge in [-0.3, -0.25) is 14.2 Å². The summed E-state index contributed by atoms with van der Waals surface area (Å²) in [5.74, 6) is -0.0238. The fourth-order valence-corrected chi connectivity index (χ4v) is 3.50. The topological polar surface area (TPSA) is 56.0 Å². The highest BCUT2D eigenvalue weighted by atomic mass is 79.9. The Bertz CT molecular complexity index is 918. The summed E-state index contributed by atoms with van der Waals surface area (Å²) in [4.78, 5) is 14.5. The fourth-order valence-electron chi connectivity index (χ4n) is 2.75. The minimum absolute atomic E-state index is 0.0238. The van der Waals surface area contributed by atoms with Crippen molar-refractivity contribution in [2.75, 3.05) is 7.05 Å². The molecule has 0 bridgehead atoms. The van der Waals surface area contributed by atoms with Gasteiger partial charge < -0.3 is 4.90 Å². The Morgan fingerprint density at radius 2 is 2.04 bits per heavy atom. The standard InChI is InChI=1S/C18H19Br2N5O/c1-3-25-17(16(20)9-22-25)12-23(2)18(26)14-6-4-5-13(7-14)10-24-11-15(19)8-21-24/h4-9,11H,3,10,12H2,1-2H3. The number of amides is 1. The average molecular weight is 481 g/mol. The predicted molar refractivity (Wildman–Crippen MR) is 107 cm³/mol. The van der Waals surface area contributed by atoms with Gasteiger partial charge in [0.05, 0.1) is 40.1 Å². The second-order valence-corrected chi connectivity index (χ2v) is 7.74. The molecule has 0 unspecified atom stereocenters. The van der Waals surface area contributed by atoms with Gasteiger partial charge in [0.15, 0.2) is 0 Å². The maximum absolute atomic E-state index is 12.8. The van der Waals surface area contributed by atoms with Crippen LogP contribution in [0.25, 0.3) is 0 Å². The summed E-state index contributed by atoms with van der Waals surface area (Å²) in [5.41, 5.74) is 2.68. The first kappa shape index (κ1) is 18.8. The lowest BCUT2D eigenvalue weighted by molar-refractivity contribution is 0.0781. The van der Waals surface area contributed by atoms with E-state index in [4.69, 9.17) is 0 Å². The highest BCUT2D eigenvalue weighted by molar-refractivity contribution is 9.10. The molecule has 0 spiro atoms. The molecular weight excluding hydrogens is 462 g/mol. The summed E-state index contributed by atoms with van der Waals surface area (Å²) in [5, 5.41) is 8.56. The van der Waals surface area contributed by atoms with Crippen LogP contribution in [0.5, 0.6) is 0 Å². The first-order valence-electron chi connectivity index (χ1n) is 8.20. The van der Waals surface area contributed by atoms with E-state index in [0.29, 0.717) is 18.7 Å². The molecule has 8 heteroatoms. The van der Waals surface area contributed by atoms with Crippen molar-refractivity contribution in [3.05, 3.63) is 68.6 Å². The third kappa shape index (κ3) is 4.24. The van der Waals surface area contributed by atoms with Gasteiger partial charge in [-0.05, 0) is 56.5 Å². The lowest BCUT2D eigenvalue weighted by Gasteiger charge is -2.18. The highest BCUT2D eigenvalue weighted by Gasteiger charge is 2.16. The Labute approximate surface area is 169 Å². The summed E-state index contributed by atoms with van der Waals surface area (Å²) in [6.45, 7) is 3.90. The van der Waals surface area contributed by atoms with E-state index in [0.717, 1.165) is 26.7 Å². The smallest absolute Gasteiger partial charge is 0.253 e. The number of rotatable bonds is 6. The molecule has 0 radical (unpaired) electrons. The zero-order valence-corrected chi connectivity index (χ0v) is 17.7. The quantitative estimate of drug-likeness (QED) is 0.536. The van der Waals surface area contributed by atoms with E-state index in [1.165, 1.54) is 0 Å². The fraction of sp³-hybridized carbons (Fsp3) is 0.278. The van der Waals surface area contributed by atoms with Crippen LogP contribution in [0, 0.1) is 0 Å². The molecule has 3 aromatic rings. The summed E-state index contributed by atoms with van der Waals surface area (Å²) in [6, 6.07) is 7.66. The molecule has 0 saturated heterocycles. The molecule has 2 heterocycles. The first-order chi connectivity index (χ1) is 12.5. The van der Waals surface area contributed by atoms with Crippen LogP contribution in [0.3, 0.4) is 0 Å². The minimum Gasteiger partial charge on any atom is -0.336 e. The van der Waals surface area contributed by atoms with Crippen molar-refractivity contribution in [3.63, 3.8) is 0 Å². The Morgan fingerprint density at radius 1 is 1.23 bits per heavy atom. The van der Waals surface area contributed by atoms with Crippen LogP contribution in [0.4, 0.5) is 0 Å². The van der Waals surface area contributed by atoms with Crippen LogP contribution < -0.4 is 0 Å². The second kappa shape index (κ2) is 8.18. The zero-order chi connectivity index (χ0) is 18.7. The summed E-state index contributed by atoms with van der Waals surface area (Å²) in [7, 11) is 1.80. The monoisotopic (exact) mass is 479 g/mol. The number of hydrogen-bond acceptors (Lipinski definition) is 3. The van der Waals surface area contributed by atoms with Crippen LogP contribution >= 0.6 is 31.9 Å². The largest absolute Gasteiger partial charge is 0.336 e. The van der Waals surface area contributed by atoms with E-state index < -0.39 is 0 Å². The first-order valence-corrected chi connectivity index (χ1v) is 9.79. The molecule has 0 aliphatic carbocycles. The molecule has 3 rings (SSSR count). The third-order valence-electron chi connectivity index (χ3n) is 4.05. The summed E-state index contributed by atoms with van der Waals surface area (Å²) < 4.78 is 5.56. The Morgan fingerprint density at radius 3 is 2.73 bits per heavy atom.